The molecule has 1 aromatic carbocycles. The zero-order chi connectivity index (χ0) is 17.1. The van der Waals surface area contributed by atoms with Crippen LogP contribution in [0, 0.1) is 5.92 Å². The van der Waals surface area contributed by atoms with E-state index in [4.69, 9.17) is 4.98 Å². The maximum Gasteiger partial charge on any atom is 0.226 e. The summed E-state index contributed by atoms with van der Waals surface area (Å²) in [5, 5.41) is 0. The first-order chi connectivity index (χ1) is 12.3. The predicted molar refractivity (Wildman–Crippen MR) is 99.1 cm³/mol. The summed E-state index contributed by atoms with van der Waals surface area (Å²) in [7, 11) is 0. The molecule has 1 aliphatic heterocycles. The number of amides is 1. The maximum absolute atomic E-state index is 12.9. The third-order valence-corrected chi connectivity index (χ3v) is 5.64. The highest BCUT2D eigenvalue weighted by Crippen LogP contribution is 2.35. The van der Waals surface area contributed by atoms with Gasteiger partial charge in [-0.25, -0.2) is 0 Å². The van der Waals surface area contributed by atoms with Gasteiger partial charge in [0.1, 0.15) is 0 Å². The Balaban J connectivity index is 1.52. The van der Waals surface area contributed by atoms with Gasteiger partial charge >= 0.3 is 0 Å². The molecule has 2 aliphatic rings. The largest absolute Gasteiger partial charge is 0.334 e. The summed E-state index contributed by atoms with van der Waals surface area (Å²) in [5.74, 6) is 0.628. The molecule has 0 N–H and O–H groups in total. The van der Waals surface area contributed by atoms with Crippen LogP contribution in [-0.2, 0) is 11.2 Å². The molecule has 1 atom stereocenters. The molecule has 1 unspecified atom stereocenters. The zero-order valence-electron chi connectivity index (χ0n) is 14.7. The lowest BCUT2D eigenvalue weighted by Crippen LogP contribution is -2.35. The van der Waals surface area contributed by atoms with E-state index >= 15 is 0 Å². The molecule has 3 heteroatoms. The Morgan fingerprint density at radius 3 is 2.56 bits per heavy atom. The number of carbonyl (C=O) groups excluding carboxylic acids is 1. The van der Waals surface area contributed by atoms with Crippen LogP contribution in [0.15, 0.2) is 48.5 Å². The highest BCUT2D eigenvalue weighted by Gasteiger charge is 2.35. The second-order valence-corrected chi connectivity index (χ2v) is 7.39. The van der Waals surface area contributed by atoms with Crippen molar-refractivity contribution in [3.8, 4) is 0 Å². The number of likely N-dealkylation sites (tertiary alicyclic amines) is 1. The van der Waals surface area contributed by atoms with Crippen molar-refractivity contribution in [3.05, 3.63) is 65.5 Å². The van der Waals surface area contributed by atoms with Gasteiger partial charge in [-0.1, -0.05) is 49.2 Å². The van der Waals surface area contributed by atoms with Crippen LogP contribution in [0.4, 0.5) is 0 Å². The van der Waals surface area contributed by atoms with Gasteiger partial charge in [-0.15, -0.1) is 0 Å². The van der Waals surface area contributed by atoms with Crippen molar-refractivity contribution < 1.29 is 4.79 Å². The summed E-state index contributed by atoms with van der Waals surface area (Å²) in [4.78, 5) is 19.9. The van der Waals surface area contributed by atoms with E-state index in [9.17, 15) is 4.79 Å². The van der Waals surface area contributed by atoms with Crippen LogP contribution in [0.25, 0.3) is 0 Å². The third-order valence-electron chi connectivity index (χ3n) is 5.64. The fourth-order valence-electron chi connectivity index (χ4n) is 4.33. The van der Waals surface area contributed by atoms with Gasteiger partial charge in [-0.05, 0) is 43.4 Å². The highest BCUT2D eigenvalue weighted by atomic mass is 16.2. The summed E-state index contributed by atoms with van der Waals surface area (Å²) in [6.45, 7) is 0.893. The number of hydrogen-bond acceptors (Lipinski definition) is 2. The Bertz CT molecular complexity index is 722. The van der Waals surface area contributed by atoms with Gasteiger partial charge in [-0.2, -0.15) is 0 Å². The van der Waals surface area contributed by atoms with E-state index in [1.165, 1.54) is 18.4 Å². The van der Waals surface area contributed by atoms with Gasteiger partial charge in [0.2, 0.25) is 5.91 Å². The lowest BCUT2D eigenvalue weighted by molar-refractivity contribution is -0.136. The smallest absolute Gasteiger partial charge is 0.226 e. The van der Waals surface area contributed by atoms with Crippen LogP contribution in [0.1, 0.15) is 61.5 Å². The van der Waals surface area contributed by atoms with E-state index in [0.717, 1.165) is 50.0 Å². The van der Waals surface area contributed by atoms with E-state index in [0.29, 0.717) is 5.91 Å². The number of rotatable bonds is 4. The van der Waals surface area contributed by atoms with Gasteiger partial charge in [0.25, 0.3) is 0 Å². The van der Waals surface area contributed by atoms with Crippen molar-refractivity contribution in [1.82, 2.24) is 9.88 Å². The molecular formula is C22H26N2O. The molecule has 1 saturated heterocycles. The molecule has 1 saturated carbocycles. The van der Waals surface area contributed by atoms with Crippen LogP contribution in [-0.4, -0.2) is 22.3 Å². The monoisotopic (exact) mass is 334 g/mol. The van der Waals surface area contributed by atoms with Crippen LogP contribution in [0.2, 0.25) is 0 Å². The molecule has 0 bridgehead atoms. The first-order valence-electron chi connectivity index (χ1n) is 9.61. The van der Waals surface area contributed by atoms with E-state index in [1.54, 1.807) is 0 Å². The molecule has 2 aromatic rings. The Kier molecular flexibility index (Phi) is 4.82. The standard InChI is InChI=1S/C22H26N2O/c25-22(18-10-4-5-11-18)24-15-7-14-21(24)20-13-6-12-19(23-20)16-17-8-2-1-3-9-17/h1-3,6,8-9,12-13,18,21H,4-5,7,10-11,14-16H2. The Hall–Kier alpha value is -2.16. The quantitative estimate of drug-likeness (QED) is 0.823. The second-order valence-electron chi connectivity index (χ2n) is 7.39. The number of benzene rings is 1. The molecule has 1 amide bonds. The van der Waals surface area contributed by atoms with Gasteiger partial charge in [-0.3, -0.25) is 9.78 Å². The minimum Gasteiger partial charge on any atom is -0.334 e. The SMILES string of the molecule is O=C(C1CCCC1)N1CCCC1c1cccc(Cc2ccccc2)n1. The summed E-state index contributed by atoms with van der Waals surface area (Å²) in [6, 6.07) is 16.9. The molecule has 2 fully saturated rings. The Morgan fingerprint density at radius 1 is 0.960 bits per heavy atom. The van der Waals surface area contributed by atoms with Gasteiger partial charge in [0.15, 0.2) is 0 Å². The van der Waals surface area contributed by atoms with Gasteiger partial charge in [0.05, 0.1) is 11.7 Å². The summed E-state index contributed by atoms with van der Waals surface area (Å²) >= 11 is 0. The Labute approximate surface area is 150 Å². The molecule has 4 rings (SSSR count). The van der Waals surface area contributed by atoms with E-state index in [2.05, 4.69) is 47.4 Å². The van der Waals surface area contributed by atoms with Gasteiger partial charge in [0, 0.05) is 24.6 Å². The van der Waals surface area contributed by atoms with E-state index in [1.807, 2.05) is 6.07 Å². The molecule has 25 heavy (non-hydrogen) atoms. The predicted octanol–water partition coefficient (Wildman–Crippen LogP) is 4.53. The minimum atomic E-state index is 0.170. The number of carbonyl (C=O) groups is 1. The van der Waals surface area contributed by atoms with Crippen molar-refractivity contribution in [2.24, 2.45) is 5.92 Å². The molecule has 0 radical (unpaired) electrons. The molecule has 0 spiro atoms. The maximum atomic E-state index is 12.9. The number of aromatic nitrogens is 1. The number of hydrogen-bond donors (Lipinski definition) is 0. The zero-order valence-corrected chi connectivity index (χ0v) is 14.7. The Morgan fingerprint density at radius 2 is 1.76 bits per heavy atom. The summed E-state index contributed by atoms with van der Waals surface area (Å²) in [6.07, 6.45) is 7.54. The molecule has 130 valence electrons. The van der Waals surface area contributed by atoms with E-state index in [-0.39, 0.29) is 12.0 Å². The molecule has 1 aromatic heterocycles. The van der Waals surface area contributed by atoms with Crippen molar-refractivity contribution in [3.63, 3.8) is 0 Å². The van der Waals surface area contributed by atoms with Crippen LogP contribution < -0.4 is 0 Å². The first kappa shape index (κ1) is 16.3. The molecule has 2 heterocycles. The second kappa shape index (κ2) is 7.38. The van der Waals surface area contributed by atoms with E-state index < -0.39 is 0 Å². The average Bonchev–Trinajstić information content (AvgIpc) is 3.34. The van der Waals surface area contributed by atoms with Crippen LogP contribution in [0.5, 0.6) is 0 Å². The van der Waals surface area contributed by atoms with Crippen molar-refractivity contribution in [2.75, 3.05) is 6.54 Å². The van der Waals surface area contributed by atoms with Crippen LogP contribution >= 0.6 is 0 Å². The topological polar surface area (TPSA) is 33.2 Å². The molecule has 1 aliphatic carbocycles. The minimum absolute atomic E-state index is 0.170. The fourth-order valence-corrected chi connectivity index (χ4v) is 4.33. The van der Waals surface area contributed by atoms with Crippen molar-refractivity contribution >= 4 is 5.91 Å². The highest BCUT2D eigenvalue weighted by molar-refractivity contribution is 5.79. The molecular weight excluding hydrogens is 308 g/mol. The normalized spacial score (nSPS) is 21.0. The number of nitrogens with zero attached hydrogens (tertiary/aromatic N) is 2. The van der Waals surface area contributed by atoms with Crippen molar-refractivity contribution in [2.45, 2.75) is 51.0 Å². The summed E-state index contributed by atoms with van der Waals surface area (Å²) < 4.78 is 0. The van der Waals surface area contributed by atoms with Crippen molar-refractivity contribution in [1.29, 1.82) is 0 Å². The number of pyridine rings is 1. The average molecular weight is 334 g/mol. The third kappa shape index (κ3) is 3.60. The fraction of sp³-hybridized carbons (Fsp3) is 0.455. The lowest BCUT2D eigenvalue weighted by atomic mass is 10.0. The first-order valence-corrected chi connectivity index (χ1v) is 9.61. The van der Waals surface area contributed by atoms with Gasteiger partial charge < -0.3 is 4.90 Å². The van der Waals surface area contributed by atoms with Crippen LogP contribution in [0.3, 0.4) is 0 Å². The molecule has 3 nitrogen and oxygen atoms in total. The summed E-state index contributed by atoms with van der Waals surface area (Å²) in [5.41, 5.74) is 3.43. The lowest BCUT2D eigenvalue weighted by Gasteiger charge is -2.27.